The maximum Gasteiger partial charge on any atom is 0.326 e. The van der Waals surface area contributed by atoms with E-state index in [1.807, 2.05) is 31.3 Å². The van der Waals surface area contributed by atoms with Crippen molar-refractivity contribution in [2.45, 2.75) is 50.0 Å². The third-order valence-electron chi connectivity index (χ3n) is 5.90. The predicted molar refractivity (Wildman–Crippen MR) is 125 cm³/mol. The Bertz CT molecular complexity index is 1020. The Balaban J connectivity index is 1.83. The van der Waals surface area contributed by atoms with E-state index < -0.39 is 23.9 Å². The summed E-state index contributed by atoms with van der Waals surface area (Å²) in [5.74, 6) is -2.96. The summed E-state index contributed by atoms with van der Waals surface area (Å²) in [6, 6.07) is 9.76. The van der Waals surface area contributed by atoms with Crippen LogP contribution in [-0.2, 0) is 9.59 Å². The van der Waals surface area contributed by atoms with Crippen LogP contribution in [0.5, 0.6) is 0 Å². The van der Waals surface area contributed by atoms with E-state index in [1.54, 1.807) is 12.1 Å². The first-order valence-corrected chi connectivity index (χ1v) is 10.9. The standard InChI is InChI=1S/C23H31N5O5/c1-28(12-14-10-13(24)11-20(25)26-14)19-8-6-17(15-4-2-3-5-16(15)19)22(31)27-18(23(32)33)7-9-21(29)30/h2-6,8,13-14,18,20,26H,7,9-12,24-25H2,1H3,(H,27,31)(H,29,30)(H,32,33)/t13?,14?,18-,20?/m0/s1. The lowest BCUT2D eigenvalue weighted by Crippen LogP contribution is -2.57. The molecule has 0 bridgehead atoms. The Kier molecular flexibility index (Phi) is 7.85. The lowest BCUT2D eigenvalue weighted by Gasteiger charge is -2.35. The van der Waals surface area contributed by atoms with Gasteiger partial charge in [0.15, 0.2) is 0 Å². The number of nitrogens with zero attached hydrogens (tertiary/aromatic N) is 1. The highest BCUT2D eigenvalue weighted by Crippen LogP contribution is 2.29. The maximum absolute atomic E-state index is 12.9. The number of carbonyl (C=O) groups excluding carboxylic acids is 1. The monoisotopic (exact) mass is 457 g/mol. The summed E-state index contributed by atoms with van der Waals surface area (Å²) in [6.07, 6.45) is 0.844. The second-order valence-corrected chi connectivity index (χ2v) is 8.56. The molecule has 0 aromatic heterocycles. The van der Waals surface area contributed by atoms with Crippen LogP contribution in [0, 0.1) is 0 Å². The van der Waals surface area contributed by atoms with Crippen LogP contribution in [-0.4, -0.2) is 65.9 Å². The molecule has 3 unspecified atom stereocenters. The Morgan fingerprint density at radius 2 is 1.82 bits per heavy atom. The Morgan fingerprint density at radius 3 is 2.45 bits per heavy atom. The van der Waals surface area contributed by atoms with Crippen LogP contribution in [0.2, 0.25) is 0 Å². The lowest BCUT2D eigenvalue weighted by atomic mass is 9.97. The summed E-state index contributed by atoms with van der Waals surface area (Å²) < 4.78 is 0. The maximum atomic E-state index is 12.9. The minimum Gasteiger partial charge on any atom is -0.481 e. The number of carboxylic acid groups (broad SMARTS) is 2. The topological polar surface area (TPSA) is 171 Å². The van der Waals surface area contributed by atoms with Gasteiger partial charge in [-0.25, -0.2) is 4.79 Å². The molecule has 178 valence electrons. The molecule has 2 aromatic rings. The molecular formula is C23H31N5O5. The number of piperidine rings is 1. The molecule has 0 spiro atoms. The highest BCUT2D eigenvalue weighted by molar-refractivity contribution is 6.11. The van der Waals surface area contributed by atoms with Crippen molar-refractivity contribution in [3.8, 4) is 0 Å². The van der Waals surface area contributed by atoms with Gasteiger partial charge in [0, 0.05) is 48.7 Å². The molecule has 0 radical (unpaired) electrons. The van der Waals surface area contributed by atoms with E-state index in [0.717, 1.165) is 23.9 Å². The van der Waals surface area contributed by atoms with Crippen LogP contribution in [0.1, 0.15) is 36.0 Å². The number of likely N-dealkylation sites (N-methyl/N-ethyl adjacent to an activating group) is 1. The van der Waals surface area contributed by atoms with Crippen LogP contribution in [0.4, 0.5) is 5.69 Å². The number of amides is 1. The molecule has 33 heavy (non-hydrogen) atoms. The fourth-order valence-corrected chi connectivity index (χ4v) is 4.36. The number of benzene rings is 2. The molecule has 1 fully saturated rings. The first-order chi connectivity index (χ1) is 15.7. The van der Waals surface area contributed by atoms with Gasteiger partial charge in [0.05, 0.1) is 6.17 Å². The molecule has 1 saturated heterocycles. The van der Waals surface area contributed by atoms with Gasteiger partial charge in [-0.15, -0.1) is 0 Å². The first kappa shape index (κ1) is 24.4. The number of carboxylic acids is 2. The summed E-state index contributed by atoms with van der Waals surface area (Å²) >= 11 is 0. The van der Waals surface area contributed by atoms with E-state index >= 15 is 0 Å². The van der Waals surface area contributed by atoms with Crippen LogP contribution in [0.15, 0.2) is 36.4 Å². The molecule has 10 heteroatoms. The average Bonchev–Trinajstić information content (AvgIpc) is 2.74. The minimum absolute atomic E-state index is 0.0470. The van der Waals surface area contributed by atoms with Crippen LogP contribution in [0.3, 0.4) is 0 Å². The summed E-state index contributed by atoms with van der Waals surface area (Å²) in [7, 11) is 1.96. The SMILES string of the molecule is CN(CC1CC(N)CC(N)N1)c1ccc(C(=O)N[C@@H](CCC(=O)O)C(=O)O)c2ccccc12. The first-order valence-electron chi connectivity index (χ1n) is 10.9. The van der Waals surface area contributed by atoms with Gasteiger partial charge in [-0.3, -0.25) is 14.9 Å². The van der Waals surface area contributed by atoms with Gasteiger partial charge in [-0.2, -0.15) is 0 Å². The smallest absolute Gasteiger partial charge is 0.326 e. The number of hydrogen-bond acceptors (Lipinski definition) is 7. The number of rotatable bonds is 9. The van der Waals surface area contributed by atoms with Gasteiger partial charge in [-0.05, 0) is 36.8 Å². The van der Waals surface area contributed by atoms with Crippen molar-refractivity contribution in [3.05, 3.63) is 42.0 Å². The fraction of sp³-hybridized carbons (Fsp3) is 0.435. The highest BCUT2D eigenvalue weighted by Gasteiger charge is 2.26. The van der Waals surface area contributed by atoms with E-state index in [2.05, 4.69) is 15.5 Å². The minimum atomic E-state index is -1.29. The number of anilines is 1. The Hall–Kier alpha value is -3.21. The van der Waals surface area contributed by atoms with Gasteiger partial charge in [0.25, 0.3) is 5.91 Å². The number of aliphatic carboxylic acids is 2. The molecule has 1 heterocycles. The third kappa shape index (κ3) is 6.19. The van der Waals surface area contributed by atoms with Crippen LogP contribution < -0.4 is 27.0 Å². The summed E-state index contributed by atoms with van der Waals surface area (Å²) in [4.78, 5) is 37.3. The molecular weight excluding hydrogens is 426 g/mol. The largest absolute Gasteiger partial charge is 0.481 e. The molecule has 8 N–H and O–H groups in total. The second-order valence-electron chi connectivity index (χ2n) is 8.56. The zero-order chi connectivity index (χ0) is 24.1. The number of carbonyl (C=O) groups is 3. The van der Waals surface area contributed by atoms with Gasteiger partial charge < -0.3 is 31.9 Å². The number of nitrogens with two attached hydrogens (primary N) is 2. The van der Waals surface area contributed by atoms with Crippen molar-refractivity contribution in [2.75, 3.05) is 18.5 Å². The quantitative estimate of drug-likeness (QED) is 0.317. The third-order valence-corrected chi connectivity index (χ3v) is 5.90. The predicted octanol–water partition coefficient (Wildman–Crippen LogP) is 0.688. The molecule has 3 rings (SSSR count). The second kappa shape index (κ2) is 10.6. The van der Waals surface area contributed by atoms with E-state index in [-0.39, 0.29) is 31.1 Å². The number of hydrogen-bond donors (Lipinski definition) is 6. The molecule has 4 atom stereocenters. The molecule has 10 nitrogen and oxygen atoms in total. The van der Waals surface area contributed by atoms with Gasteiger partial charge >= 0.3 is 11.9 Å². The van der Waals surface area contributed by atoms with Crippen molar-refractivity contribution in [3.63, 3.8) is 0 Å². The average molecular weight is 458 g/mol. The molecule has 0 aliphatic carbocycles. The van der Waals surface area contributed by atoms with E-state index in [0.29, 0.717) is 17.5 Å². The molecule has 1 aliphatic rings. The fourth-order valence-electron chi connectivity index (χ4n) is 4.36. The normalized spacial score (nSPS) is 21.4. The molecule has 2 aromatic carbocycles. The van der Waals surface area contributed by atoms with Crippen molar-refractivity contribution in [1.82, 2.24) is 10.6 Å². The number of nitrogens with one attached hydrogen (secondary N) is 2. The van der Waals surface area contributed by atoms with Gasteiger partial charge in [0.1, 0.15) is 6.04 Å². The molecule has 0 saturated carbocycles. The van der Waals surface area contributed by atoms with E-state index in [4.69, 9.17) is 16.6 Å². The van der Waals surface area contributed by atoms with Gasteiger partial charge in [0.2, 0.25) is 0 Å². The molecule has 1 aliphatic heterocycles. The van der Waals surface area contributed by atoms with Crippen molar-refractivity contribution in [2.24, 2.45) is 11.5 Å². The molecule has 1 amide bonds. The number of fused-ring (bicyclic) bond motifs is 1. The van der Waals surface area contributed by atoms with Crippen LogP contribution in [0.25, 0.3) is 10.8 Å². The van der Waals surface area contributed by atoms with E-state index in [9.17, 15) is 19.5 Å². The van der Waals surface area contributed by atoms with E-state index in [1.165, 1.54) is 0 Å². The summed E-state index contributed by atoms with van der Waals surface area (Å²) in [6.45, 7) is 0.674. The van der Waals surface area contributed by atoms with Gasteiger partial charge in [-0.1, -0.05) is 24.3 Å². The Labute approximate surface area is 191 Å². The van der Waals surface area contributed by atoms with Crippen LogP contribution >= 0.6 is 0 Å². The van der Waals surface area contributed by atoms with Crippen molar-refractivity contribution in [1.29, 1.82) is 0 Å². The zero-order valence-corrected chi connectivity index (χ0v) is 18.5. The van der Waals surface area contributed by atoms with Crippen molar-refractivity contribution < 1.29 is 24.6 Å². The Morgan fingerprint density at radius 1 is 1.12 bits per heavy atom. The summed E-state index contributed by atoms with van der Waals surface area (Å²) in [5, 5.41) is 25.5. The lowest BCUT2D eigenvalue weighted by molar-refractivity contribution is -0.140. The zero-order valence-electron chi connectivity index (χ0n) is 18.5. The summed E-state index contributed by atoms with van der Waals surface area (Å²) in [5.41, 5.74) is 13.4. The van der Waals surface area contributed by atoms with Crippen molar-refractivity contribution >= 4 is 34.3 Å². The highest BCUT2D eigenvalue weighted by atomic mass is 16.4.